The number of hydrogen-bond donors (Lipinski definition) is 0. The summed E-state index contributed by atoms with van der Waals surface area (Å²) in [7, 11) is 1.59. The number of nitrogens with zero attached hydrogens (tertiary/aromatic N) is 5. The van der Waals surface area contributed by atoms with Gasteiger partial charge in [0.25, 0.3) is 11.4 Å². The number of imidazole rings is 1. The second-order valence-electron chi connectivity index (χ2n) is 6.68. The van der Waals surface area contributed by atoms with Gasteiger partial charge in [-0.1, -0.05) is 17.3 Å². The Morgan fingerprint density at radius 2 is 1.87 bits per heavy atom. The van der Waals surface area contributed by atoms with Crippen LogP contribution in [0.1, 0.15) is 0 Å². The van der Waals surface area contributed by atoms with Crippen molar-refractivity contribution in [3.63, 3.8) is 0 Å². The Kier molecular flexibility index (Phi) is 4.36. The summed E-state index contributed by atoms with van der Waals surface area (Å²) in [5.74, 6) is 0.0418. The van der Waals surface area contributed by atoms with Gasteiger partial charge in [0.15, 0.2) is 5.69 Å². The lowest BCUT2D eigenvalue weighted by Crippen LogP contribution is -2.24. The fourth-order valence-corrected chi connectivity index (χ4v) is 3.47. The van der Waals surface area contributed by atoms with Crippen LogP contribution in [0.4, 0.5) is 4.39 Å². The first kappa shape index (κ1) is 18.2. The van der Waals surface area contributed by atoms with Crippen LogP contribution in [0.5, 0.6) is 0 Å². The third-order valence-electron chi connectivity index (χ3n) is 4.90. The molecule has 0 amide bonds. The van der Waals surface area contributed by atoms with E-state index in [9.17, 15) is 9.18 Å². The van der Waals surface area contributed by atoms with Crippen LogP contribution >= 0.6 is 0 Å². The lowest BCUT2D eigenvalue weighted by Gasteiger charge is -2.11. The lowest BCUT2D eigenvalue weighted by molar-refractivity contribution is 0.187. The summed E-state index contributed by atoms with van der Waals surface area (Å²) in [5.41, 5.74) is 2.57. The molecular weight excluding hydrogens is 389 g/mol. The van der Waals surface area contributed by atoms with E-state index < -0.39 is 0 Å². The van der Waals surface area contributed by atoms with Crippen molar-refractivity contribution in [1.82, 2.24) is 24.1 Å². The highest BCUT2D eigenvalue weighted by Gasteiger charge is 2.21. The zero-order chi connectivity index (χ0) is 20.7. The topological polar surface area (TPSA) is 87.5 Å². The van der Waals surface area contributed by atoms with Gasteiger partial charge in [-0.05, 0) is 36.4 Å². The van der Waals surface area contributed by atoms with Crippen molar-refractivity contribution in [3.8, 4) is 23.0 Å². The molecule has 0 aliphatic rings. The maximum atomic E-state index is 13.3. The van der Waals surface area contributed by atoms with Crippen molar-refractivity contribution in [3.05, 3.63) is 71.0 Å². The molecule has 9 heteroatoms. The van der Waals surface area contributed by atoms with Crippen LogP contribution in [0.15, 0.2) is 64.2 Å². The minimum atomic E-state index is -0.356. The normalized spacial score (nSPS) is 11.5. The SMILES string of the molecule is COCCn1c(=O)c2c(-c3nc(-c4ccc(F)cc4)no3)ncn2c2ccccc21. The number of hydrogen-bond acceptors (Lipinski definition) is 6. The number of para-hydroxylation sites is 2. The average molecular weight is 405 g/mol. The van der Waals surface area contributed by atoms with Gasteiger partial charge in [0.1, 0.15) is 17.7 Å². The van der Waals surface area contributed by atoms with Crippen LogP contribution in [-0.2, 0) is 11.3 Å². The van der Waals surface area contributed by atoms with E-state index in [0.29, 0.717) is 24.2 Å². The van der Waals surface area contributed by atoms with Gasteiger partial charge in [0, 0.05) is 19.2 Å². The van der Waals surface area contributed by atoms with Gasteiger partial charge < -0.3 is 13.8 Å². The van der Waals surface area contributed by atoms with Crippen LogP contribution in [0.25, 0.3) is 39.5 Å². The predicted molar refractivity (Wildman–Crippen MR) is 108 cm³/mol. The van der Waals surface area contributed by atoms with Gasteiger partial charge in [-0.3, -0.25) is 9.20 Å². The maximum absolute atomic E-state index is 13.3. The number of fused-ring (bicyclic) bond motifs is 3. The third kappa shape index (κ3) is 2.87. The zero-order valence-electron chi connectivity index (χ0n) is 15.9. The molecule has 0 saturated carbocycles. The molecule has 0 aliphatic heterocycles. The third-order valence-corrected chi connectivity index (χ3v) is 4.90. The number of rotatable bonds is 5. The van der Waals surface area contributed by atoms with Gasteiger partial charge >= 0.3 is 0 Å². The van der Waals surface area contributed by atoms with Crippen LogP contribution in [-0.4, -0.2) is 37.8 Å². The number of ether oxygens (including phenoxy) is 1. The molecular formula is C21H16FN5O3. The molecule has 0 spiro atoms. The summed E-state index contributed by atoms with van der Waals surface area (Å²) < 4.78 is 27.1. The first-order valence-corrected chi connectivity index (χ1v) is 9.25. The molecule has 0 bridgehead atoms. The van der Waals surface area contributed by atoms with Gasteiger partial charge in [0.2, 0.25) is 5.82 Å². The molecule has 0 N–H and O–H groups in total. The number of benzene rings is 2. The lowest BCUT2D eigenvalue weighted by atomic mass is 10.2. The highest BCUT2D eigenvalue weighted by molar-refractivity contribution is 5.83. The fourth-order valence-electron chi connectivity index (χ4n) is 3.47. The molecule has 3 heterocycles. The van der Waals surface area contributed by atoms with E-state index in [-0.39, 0.29) is 28.8 Å². The first-order valence-electron chi connectivity index (χ1n) is 9.25. The van der Waals surface area contributed by atoms with Gasteiger partial charge in [-0.2, -0.15) is 4.98 Å². The summed E-state index contributed by atoms with van der Waals surface area (Å²) in [6.45, 7) is 0.778. The second-order valence-corrected chi connectivity index (χ2v) is 6.68. The molecule has 150 valence electrons. The van der Waals surface area contributed by atoms with Gasteiger partial charge in [-0.25, -0.2) is 9.37 Å². The van der Waals surface area contributed by atoms with Crippen molar-refractivity contribution in [1.29, 1.82) is 0 Å². The Bertz CT molecular complexity index is 1420. The van der Waals surface area contributed by atoms with Crippen molar-refractivity contribution < 1.29 is 13.7 Å². The summed E-state index contributed by atoms with van der Waals surface area (Å²) in [6.07, 6.45) is 1.57. The van der Waals surface area contributed by atoms with E-state index in [2.05, 4.69) is 15.1 Å². The van der Waals surface area contributed by atoms with Crippen LogP contribution in [0, 0.1) is 5.82 Å². The Hall–Kier alpha value is -3.85. The Morgan fingerprint density at radius 3 is 2.63 bits per heavy atom. The average Bonchev–Trinajstić information content (AvgIpc) is 3.42. The van der Waals surface area contributed by atoms with Gasteiger partial charge in [0.05, 0.1) is 17.6 Å². The molecule has 0 unspecified atom stereocenters. The molecule has 5 rings (SSSR count). The first-order chi connectivity index (χ1) is 14.7. The summed E-state index contributed by atoms with van der Waals surface area (Å²) in [6, 6.07) is 13.3. The Balaban J connectivity index is 1.70. The highest BCUT2D eigenvalue weighted by Crippen LogP contribution is 2.25. The van der Waals surface area contributed by atoms with Crippen LogP contribution in [0.2, 0.25) is 0 Å². The predicted octanol–water partition coefficient (Wildman–Crippen LogP) is 3.15. The molecule has 0 radical (unpaired) electrons. The van der Waals surface area contributed by atoms with Crippen molar-refractivity contribution in [2.75, 3.05) is 13.7 Å². The van der Waals surface area contributed by atoms with Crippen molar-refractivity contribution in [2.45, 2.75) is 6.54 Å². The fraction of sp³-hybridized carbons (Fsp3) is 0.143. The van der Waals surface area contributed by atoms with Crippen molar-refractivity contribution >= 4 is 16.6 Å². The second kappa shape index (κ2) is 7.20. The standard InChI is InChI=1S/C21H16FN5O3/c1-29-11-10-26-15-4-2-3-5-16(15)27-12-23-17(18(27)21(26)28)20-24-19(25-30-20)13-6-8-14(22)9-7-13/h2-9,12H,10-11H2,1H3. The van der Waals surface area contributed by atoms with E-state index in [4.69, 9.17) is 9.26 Å². The molecule has 30 heavy (non-hydrogen) atoms. The zero-order valence-corrected chi connectivity index (χ0v) is 15.9. The molecule has 0 aliphatic carbocycles. The van der Waals surface area contributed by atoms with Crippen LogP contribution in [0.3, 0.4) is 0 Å². The summed E-state index contributed by atoms with van der Waals surface area (Å²) >= 11 is 0. The van der Waals surface area contributed by atoms with E-state index >= 15 is 0 Å². The molecule has 5 aromatic rings. The largest absolute Gasteiger partial charge is 0.383 e. The number of halogens is 1. The molecule has 2 aromatic carbocycles. The monoisotopic (exact) mass is 405 g/mol. The Morgan fingerprint density at radius 1 is 1.10 bits per heavy atom. The quantitative estimate of drug-likeness (QED) is 0.446. The van der Waals surface area contributed by atoms with E-state index in [0.717, 1.165) is 11.0 Å². The minimum absolute atomic E-state index is 0.113. The van der Waals surface area contributed by atoms with Gasteiger partial charge in [-0.15, -0.1) is 0 Å². The van der Waals surface area contributed by atoms with E-state index in [1.54, 1.807) is 34.5 Å². The molecule has 0 atom stereocenters. The minimum Gasteiger partial charge on any atom is -0.383 e. The molecule has 0 saturated heterocycles. The highest BCUT2D eigenvalue weighted by atomic mass is 19.1. The molecule has 0 fully saturated rings. The van der Waals surface area contributed by atoms with E-state index in [1.165, 1.54) is 12.1 Å². The van der Waals surface area contributed by atoms with Crippen LogP contribution < -0.4 is 5.56 Å². The smallest absolute Gasteiger partial charge is 0.279 e. The summed E-state index contributed by atoms with van der Waals surface area (Å²) in [4.78, 5) is 22.1. The molecule has 8 nitrogen and oxygen atoms in total. The number of aromatic nitrogens is 5. The van der Waals surface area contributed by atoms with E-state index in [1.807, 2.05) is 24.3 Å². The van der Waals surface area contributed by atoms with Crippen molar-refractivity contribution in [2.24, 2.45) is 0 Å². The number of methoxy groups -OCH3 is 1. The molecule has 3 aromatic heterocycles. The Labute approximate surface area is 169 Å². The maximum Gasteiger partial charge on any atom is 0.279 e. The summed E-state index contributed by atoms with van der Waals surface area (Å²) in [5, 5.41) is 3.96.